The van der Waals surface area contributed by atoms with Gasteiger partial charge in [0, 0.05) is 25.1 Å². The lowest BCUT2D eigenvalue weighted by Gasteiger charge is -2.05. The summed E-state index contributed by atoms with van der Waals surface area (Å²) in [6, 6.07) is 5.85. The zero-order valence-corrected chi connectivity index (χ0v) is 10.9. The molecule has 2 heterocycles. The first-order valence-corrected chi connectivity index (χ1v) is 5.36. The van der Waals surface area contributed by atoms with Crippen LogP contribution in [-0.4, -0.2) is 19.1 Å². The van der Waals surface area contributed by atoms with E-state index >= 15 is 0 Å². The number of aryl methyl sites for hydroxylation is 2. The summed E-state index contributed by atoms with van der Waals surface area (Å²) in [7, 11) is 1.76. The summed E-state index contributed by atoms with van der Waals surface area (Å²) in [6.07, 6.45) is 3.66. The molecule has 0 radical (unpaired) electrons. The number of halogens is 1. The molecule has 0 aliphatic carbocycles. The molecule has 0 fully saturated rings. The fraction of sp³-hybridized carbons (Fsp3) is 0.167. The van der Waals surface area contributed by atoms with Crippen molar-refractivity contribution in [1.29, 1.82) is 0 Å². The van der Waals surface area contributed by atoms with Crippen LogP contribution in [0.25, 0.3) is 16.7 Å². The fourth-order valence-corrected chi connectivity index (χ4v) is 2.01. The van der Waals surface area contributed by atoms with Crippen LogP contribution in [0.3, 0.4) is 0 Å². The predicted octanol–water partition coefficient (Wildman–Crippen LogP) is 1.78. The maximum atomic E-state index is 11.5. The third-order valence-electron chi connectivity index (χ3n) is 2.99. The molecule has 2 aromatic heterocycles. The van der Waals surface area contributed by atoms with Crippen LogP contribution in [0, 0.1) is 6.92 Å². The SMILES string of the molecule is Cc1nccn1-c1ccc2[nH]c(=O)n(C)c2c1.Cl. The summed E-state index contributed by atoms with van der Waals surface area (Å²) in [5.74, 6) is 0.921. The molecule has 3 aromatic rings. The zero-order chi connectivity index (χ0) is 12.0. The maximum absolute atomic E-state index is 11.5. The monoisotopic (exact) mass is 264 g/mol. The van der Waals surface area contributed by atoms with Gasteiger partial charge in [-0.25, -0.2) is 9.78 Å². The molecule has 0 bridgehead atoms. The molecule has 0 atom stereocenters. The maximum Gasteiger partial charge on any atom is 0.326 e. The highest BCUT2D eigenvalue weighted by atomic mass is 35.5. The van der Waals surface area contributed by atoms with Crippen LogP contribution < -0.4 is 5.69 Å². The van der Waals surface area contributed by atoms with Crippen molar-refractivity contribution < 1.29 is 0 Å². The molecule has 1 N–H and O–H groups in total. The number of H-pyrrole nitrogens is 1. The summed E-state index contributed by atoms with van der Waals surface area (Å²) in [6.45, 7) is 1.94. The van der Waals surface area contributed by atoms with Crippen LogP contribution >= 0.6 is 12.4 Å². The van der Waals surface area contributed by atoms with Crippen molar-refractivity contribution in [3.8, 4) is 5.69 Å². The lowest BCUT2D eigenvalue weighted by atomic mass is 10.2. The number of hydrogen-bond acceptors (Lipinski definition) is 2. The summed E-state index contributed by atoms with van der Waals surface area (Å²) in [5.41, 5.74) is 2.64. The van der Waals surface area contributed by atoms with Gasteiger partial charge in [-0.3, -0.25) is 4.57 Å². The molecule has 0 unspecified atom stereocenters. The minimum atomic E-state index is -0.0977. The molecule has 0 saturated heterocycles. The van der Waals surface area contributed by atoms with Gasteiger partial charge in [-0.15, -0.1) is 12.4 Å². The number of aromatic amines is 1. The van der Waals surface area contributed by atoms with Crippen molar-refractivity contribution in [2.45, 2.75) is 6.92 Å². The first-order chi connectivity index (χ1) is 8.16. The Kier molecular flexibility index (Phi) is 3.00. The van der Waals surface area contributed by atoms with Gasteiger partial charge in [-0.05, 0) is 25.1 Å². The van der Waals surface area contributed by atoms with Gasteiger partial charge in [0.15, 0.2) is 0 Å². The highest BCUT2D eigenvalue weighted by Gasteiger charge is 2.06. The van der Waals surface area contributed by atoms with Crippen molar-refractivity contribution in [3.63, 3.8) is 0 Å². The van der Waals surface area contributed by atoms with Gasteiger partial charge >= 0.3 is 5.69 Å². The van der Waals surface area contributed by atoms with Crippen molar-refractivity contribution >= 4 is 23.4 Å². The van der Waals surface area contributed by atoms with E-state index in [0.717, 1.165) is 22.5 Å². The number of rotatable bonds is 1. The standard InChI is InChI=1S/C12H12N4O.ClH/c1-8-13-5-6-16(8)9-3-4-10-11(7-9)15(2)12(17)14-10;/h3-7H,1-2H3,(H,14,17);1H. The Bertz CT molecular complexity index is 753. The van der Waals surface area contributed by atoms with Gasteiger partial charge in [0.2, 0.25) is 0 Å². The lowest BCUT2D eigenvalue weighted by Crippen LogP contribution is -2.11. The highest BCUT2D eigenvalue weighted by molar-refractivity contribution is 5.85. The minimum absolute atomic E-state index is 0. The molecule has 18 heavy (non-hydrogen) atoms. The third-order valence-corrected chi connectivity index (χ3v) is 2.99. The second-order valence-electron chi connectivity index (χ2n) is 4.04. The number of fused-ring (bicyclic) bond motifs is 1. The van der Waals surface area contributed by atoms with E-state index < -0.39 is 0 Å². The Morgan fingerprint density at radius 2 is 2.11 bits per heavy atom. The van der Waals surface area contributed by atoms with E-state index in [1.807, 2.05) is 35.9 Å². The number of nitrogens with zero attached hydrogens (tertiary/aromatic N) is 3. The van der Waals surface area contributed by atoms with Gasteiger partial charge in [0.1, 0.15) is 5.82 Å². The van der Waals surface area contributed by atoms with Crippen LogP contribution in [0.1, 0.15) is 5.82 Å². The Hall–Kier alpha value is -2.01. The molecule has 0 amide bonds. The van der Waals surface area contributed by atoms with Crippen LogP contribution in [0.2, 0.25) is 0 Å². The second kappa shape index (κ2) is 4.34. The van der Waals surface area contributed by atoms with Crippen LogP contribution in [-0.2, 0) is 7.05 Å². The van der Waals surface area contributed by atoms with E-state index in [1.54, 1.807) is 17.8 Å². The van der Waals surface area contributed by atoms with Crippen LogP contribution in [0.15, 0.2) is 35.4 Å². The van der Waals surface area contributed by atoms with Gasteiger partial charge in [-0.2, -0.15) is 0 Å². The Balaban J connectivity index is 0.00000120. The van der Waals surface area contributed by atoms with Gasteiger partial charge < -0.3 is 9.55 Å². The normalized spacial score (nSPS) is 10.6. The Morgan fingerprint density at radius 3 is 2.78 bits per heavy atom. The zero-order valence-electron chi connectivity index (χ0n) is 10.0. The molecule has 5 nitrogen and oxygen atoms in total. The van der Waals surface area contributed by atoms with E-state index in [-0.39, 0.29) is 18.1 Å². The van der Waals surface area contributed by atoms with E-state index in [2.05, 4.69) is 9.97 Å². The van der Waals surface area contributed by atoms with E-state index in [4.69, 9.17) is 0 Å². The smallest absolute Gasteiger partial charge is 0.306 e. The summed E-state index contributed by atoms with van der Waals surface area (Å²) in [4.78, 5) is 18.5. The van der Waals surface area contributed by atoms with Crippen LogP contribution in [0.5, 0.6) is 0 Å². The van der Waals surface area contributed by atoms with Gasteiger partial charge in [0.05, 0.1) is 11.0 Å². The average molecular weight is 265 g/mol. The summed E-state index contributed by atoms with van der Waals surface area (Å²) in [5, 5.41) is 0. The third kappa shape index (κ3) is 1.73. The average Bonchev–Trinajstić information content (AvgIpc) is 2.85. The number of hydrogen-bond donors (Lipinski definition) is 1. The highest BCUT2D eigenvalue weighted by Crippen LogP contribution is 2.16. The summed E-state index contributed by atoms with van der Waals surface area (Å²) >= 11 is 0. The van der Waals surface area contributed by atoms with Crippen LogP contribution in [0.4, 0.5) is 0 Å². The van der Waals surface area contributed by atoms with Crippen molar-refractivity contribution in [3.05, 3.63) is 46.9 Å². The first-order valence-electron chi connectivity index (χ1n) is 5.36. The quantitative estimate of drug-likeness (QED) is 0.728. The van der Waals surface area contributed by atoms with Gasteiger partial charge in [-0.1, -0.05) is 0 Å². The lowest BCUT2D eigenvalue weighted by molar-refractivity contribution is 0.890. The van der Waals surface area contributed by atoms with E-state index in [0.29, 0.717) is 0 Å². The van der Waals surface area contributed by atoms with Crippen molar-refractivity contribution in [2.75, 3.05) is 0 Å². The number of benzene rings is 1. The molecule has 1 aromatic carbocycles. The number of aromatic nitrogens is 4. The molecule has 0 saturated carbocycles. The van der Waals surface area contributed by atoms with E-state index in [1.165, 1.54) is 0 Å². The molecule has 0 spiro atoms. The molecular weight excluding hydrogens is 252 g/mol. The van der Waals surface area contributed by atoms with Crippen molar-refractivity contribution in [2.24, 2.45) is 7.05 Å². The largest absolute Gasteiger partial charge is 0.326 e. The molecule has 94 valence electrons. The Morgan fingerprint density at radius 1 is 1.33 bits per heavy atom. The first kappa shape index (κ1) is 12.4. The molecule has 6 heteroatoms. The molecule has 0 aliphatic heterocycles. The fourth-order valence-electron chi connectivity index (χ4n) is 2.01. The number of imidazole rings is 2. The molecule has 3 rings (SSSR count). The van der Waals surface area contributed by atoms with Crippen molar-refractivity contribution in [1.82, 2.24) is 19.1 Å². The number of nitrogens with one attached hydrogen (secondary N) is 1. The molecule has 0 aliphatic rings. The topological polar surface area (TPSA) is 55.6 Å². The van der Waals surface area contributed by atoms with E-state index in [9.17, 15) is 4.79 Å². The summed E-state index contributed by atoms with van der Waals surface area (Å²) < 4.78 is 3.59. The predicted molar refractivity (Wildman–Crippen MR) is 72.6 cm³/mol. The van der Waals surface area contributed by atoms with Gasteiger partial charge in [0.25, 0.3) is 0 Å². The minimum Gasteiger partial charge on any atom is -0.306 e. The Labute approximate surface area is 109 Å². The second-order valence-corrected chi connectivity index (χ2v) is 4.04. The molecular formula is C12H13ClN4O.